The molecule has 0 aromatic heterocycles. The molecule has 0 atom stereocenters. The van der Waals surface area contributed by atoms with Crippen LogP contribution in [0.15, 0.2) is 35.2 Å². The van der Waals surface area contributed by atoms with E-state index in [0.29, 0.717) is 16.3 Å². The average Bonchev–Trinajstić information content (AvgIpc) is 2.38. The van der Waals surface area contributed by atoms with E-state index in [4.69, 9.17) is 28.9 Å². The fourth-order valence-corrected chi connectivity index (χ4v) is 3.67. The first-order chi connectivity index (χ1) is 9.70. The molecular weight excluding hydrogens is 331 g/mol. The first kappa shape index (κ1) is 15.9. The van der Waals surface area contributed by atoms with E-state index in [2.05, 4.69) is 4.72 Å². The van der Waals surface area contributed by atoms with Crippen LogP contribution in [0.5, 0.6) is 0 Å². The van der Waals surface area contributed by atoms with E-state index in [0.717, 1.165) is 5.56 Å². The third kappa shape index (κ3) is 3.43. The second-order valence-electron chi connectivity index (χ2n) is 4.71. The third-order valence-corrected chi connectivity index (χ3v) is 5.22. The standard InChI is InChI=1S/C14H14Cl2N2O2S/c1-8-3-4-10(17)6-14(8)21(19,20)18-13-7-11(15)9(2)5-12(13)16/h3-7,18H,17H2,1-2H3. The number of nitrogens with two attached hydrogens (primary N) is 1. The van der Waals surface area contributed by atoms with Crippen molar-refractivity contribution in [2.75, 3.05) is 10.5 Å². The van der Waals surface area contributed by atoms with Gasteiger partial charge in [0, 0.05) is 10.7 Å². The van der Waals surface area contributed by atoms with Crippen molar-refractivity contribution < 1.29 is 8.42 Å². The first-order valence-electron chi connectivity index (χ1n) is 6.05. The van der Waals surface area contributed by atoms with Gasteiger partial charge < -0.3 is 5.73 Å². The van der Waals surface area contributed by atoms with Gasteiger partial charge in [-0.15, -0.1) is 0 Å². The molecule has 2 rings (SSSR count). The molecule has 0 heterocycles. The monoisotopic (exact) mass is 344 g/mol. The van der Waals surface area contributed by atoms with Crippen molar-refractivity contribution >= 4 is 44.6 Å². The van der Waals surface area contributed by atoms with Gasteiger partial charge in [-0.3, -0.25) is 4.72 Å². The summed E-state index contributed by atoms with van der Waals surface area (Å²) < 4.78 is 27.3. The third-order valence-electron chi connectivity index (χ3n) is 2.99. The zero-order valence-corrected chi connectivity index (χ0v) is 13.8. The molecule has 0 aliphatic carbocycles. The molecule has 2 aromatic rings. The number of rotatable bonds is 3. The highest BCUT2D eigenvalue weighted by atomic mass is 35.5. The van der Waals surface area contributed by atoms with Crippen LogP contribution in [0.3, 0.4) is 0 Å². The lowest BCUT2D eigenvalue weighted by atomic mass is 10.2. The fraction of sp³-hybridized carbons (Fsp3) is 0.143. The maximum Gasteiger partial charge on any atom is 0.262 e. The maximum absolute atomic E-state index is 12.5. The molecule has 4 nitrogen and oxygen atoms in total. The lowest BCUT2D eigenvalue weighted by molar-refractivity contribution is 0.600. The Labute approximate surface area is 133 Å². The molecule has 0 saturated heterocycles. The Balaban J connectivity index is 2.47. The van der Waals surface area contributed by atoms with Crippen LogP contribution in [0.25, 0.3) is 0 Å². The summed E-state index contributed by atoms with van der Waals surface area (Å²) >= 11 is 12.1. The molecule has 3 N–H and O–H groups in total. The number of halogens is 2. The summed E-state index contributed by atoms with van der Waals surface area (Å²) in [5.74, 6) is 0. The van der Waals surface area contributed by atoms with Gasteiger partial charge in [0.15, 0.2) is 0 Å². The normalized spacial score (nSPS) is 11.4. The second-order valence-corrected chi connectivity index (χ2v) is 7.18. The van der Waals surface area contributed by atoms with Crippen LogP contribution < -0.4 is 10.5 Å². The zero-order valence-electron chi connectivity index (χ0n) is 11.4. The quantitative estimate of drug-likeness (QED) is 0.826. The maximum atomic E-state index is 12.5. The van der Waals surface area contributed by atoms with Gasteiger partial charge in [0.05, 0.1) is 15.6 Å². The smallest absolute Gasteiger partial charge is 0.262 e. The Hall–Kier alpha value is -1.43. The lowest BCUT2D eigenvalue weighted by Gasteiger charge is -2.13. The summed E-state index contributed by atoms with van der Waals surface area (Å²) in [6.45, 7) is 3.48. The Morgan fingerprint density at radius 2 is 1.67 bits per heavy atom. The van der Waals surface area contributed by atoms with E-state index in [9.17, 15) is 8.42 Å². The van der Waals surface area contributed by atoms with E-state index in [1.54, 1.807) is 32.0 Å². The summed E-state index contributed by atoms with van der Waals surface area (Å²) in [5, 5.41) is 0.712. The van der Waals surface area contributed by atoms with Crippen molar-refractivity contribution in [1.29, 1.82) is 0 Å². The molecule has 0 aliphatic heterocycles. The largest absolute Gasteiger partial charge is 0.399 e. The van der Waals surface area contributed by atoms with Crippen LogP contribution >= 0.6 is 23.2 Å². The average molecular weight is 345 g/mol. The summed E-state index contributed by atoms with van der Waals surface area (Å²) in [6, 6.07) is 7.78. The van der Waals surface area contributed by atoms with E-state index in [-0.39, 0.29) is 15.6 Å². The van der Waals surface area contributed by atoms with Crippen LogP contribution in [0.2, 0.25) is 10.0 Å². The number of aryl methyl sites for hydroxylation is 2. The molecule has 0 bridgehead atoms. The summed E-state index contributed by atoms with van der Waals surface area (Å²) in [6.07, 6.45) is 0. The molecule has 0 spiro atoms. The minimum atomic E-state index is -3.79. The highest BCUT2D eigenvalue weighted by Gasteiger charge is 2.19. The fourth-order valence-electron chi connectivity index (χ4n) is 1.83. The van der Waals surface area contributed by atoms with Crippen molar-refractivity contribution in [3.63, 3.8) is 0 Å². The van der Waals surface area contributed by atoms with Gasteiger partial charge in [0.25, 0.3) is 10.0 Å². The van der Waals surface area contributed by atoms with Gasteiger partial charge in [-0.25, -0.2) is 8.42 Å². The van der Waals surface area contributed by atoms with Crippen molar-refractivity contribution in [2.45, 2.75) is 18.7 Å². The Kier molecular flexibility index (Phi) is 4.37. The highest BCUT2D eigenvalue weighted by molar-refractivity contribution is 7.92. The molecule has 0 aliphatic rings. The SMILES string of the molecule is Cc1cc(Cl)c(NS(=O)(=O)c2cc(N)ccc2C)cc1Cl. The van der Waals surface area contributed by atoms with Crippen molar-refractivity contribution in [3.8, 4) is 0 Å². The number of nitrogens with one attached hydrogen (secondary N) is 1. The van der Waals surface area contributed by atoms with Crippen molar-refractivity contribution in [2.24, 2.45) is 0 Å². The highest BCUT2D eigenvalue weighted by Crippen LogP contribution is 2.31. The van der Waals surface area contributed by atoms with Crippen LogP contribution in [0.1, 0.15) is 11.1 Å². The topological polar surface area (TPSA) is 72.2 Å². The van der Waals surface area contributed by atoms with Crippen LogP contribution in [-0.4, -0.2) is 8.42 Å². The molecular formula is C14H14Cl2N2O2S. The van der Waals surface area contributed by atoms with Gasteiger partial charge in [0.2, 0.25) is 0 Å². The molecule has 21 heavy (non-hydrogen) atoms. The molecule has 7 heteroatoms. The molecule has 0 fully saturated rings. The van der Waals surface area contributed by atoms with Gasteiger partial charge in [-0.2, -0.15) is 0 Å². The van der Waals surface area contributed by atoms with Crippen LogP contribution in [-0.2, 0) is 10.0 Å². The first-order valence-corrected chi connectivity index (χ1v) is 8.29. The Morgan fingerprint density at radius 3 is 2.33 bits per heavy atom. The Morgan fingerprint density at radius 1 is 1.00 bits per heavy atom. The molecule has 112 valence electrons. The minimum absolute atomic E-state index is 0.107. The predicted octanol–water partition coefficient (Wildman–Crippen LogP) is 3.99. The summed E-state index contributed by atoms with van der Waals surface area (Å²) in [5.41, 5.74) is 7.61. The van der Waals surface area contributed by atoms with E-state index in [1.165, 1.54) is 12.1 Å². The molecule has 2 aromatic carbocycles. The van der Waals surface area contributed by atoms with E-state index < -0.39 is 10.0 Å². The summed E-state index contributed by atoms with van der Waals surface area (Å²) in [4.78, 5) is 0.107. The number of benzene rings is 2. The Bertz CT molecular complexity index is 805. The van der Waals surface area contributed by atoms with Gasteiger partial charge in [-0.05, 0) is 49.2 Å². The van der Waals surface area contributed by atoms with Crippen LogP contribution in [0.4, 0.5) is 11.4 Å². The van der Waals surface area contributed by atoms with Crippen molar-refractivity contribution in [3.05, 3.63) is 51.5 Å². The molecule has 0 amide bonds. The van der Waals surface area contributed by atoms with E-state index >= 15 is 0 Å². The van der Waals surface area contributed by atoms with Gasteiger partial charge >= 0.3 is 0 Å². The minimum Gasteiger partial charge on any atom is -0.399 e. The molecule has 0 radical (unpaired) electrons. The van der Waals surface area contributed by atoms with Crippen molar-refractivity contribution in [1.82, 2.24) is 0 Å². The number of anilines is 2. The van der Waals surface area contributed by atoms with E-state index in [1.807, 2.05) is 0 Å². The number of nitrogen functional groups attached to an aromatic ring is 1. The van der Waals surface area contributed by atoms with Gasteiger partial charge in [0.1, 0.15) is 0 Å². The number of hydrogen-bond donors (Lipinski definition) is 2. The van der Waals surface area contributed by atoms with Gasteiger partial charge in [-0.1, -0.05) is 29.3 Å². The number of hydrogen-bond acceptors (Lipinski definition) is 3. The molecule has 0 saturated carbocycles. The zero-order chi connectivity index (χ0) is 15.8. The lowest BCUT2D eigenvalue weighted by Crippen LogP contribution is -2.15. The summed E-state index contributed by atoms with van der Waals surface area (Å²) in [7, 11) is -3.79. The van der Waals surface area contributed by atoms with Crippen LogP contribution in [0, 0.1) is 13.8 Å². The predicted molar refractivity (Wildman–Crippen MR) is 87.6 cm³/mol. The number of sulfonamides is 1. The molecule has 0 unspecified atom stereocenters. The second kappa shape index (κ2) is 5.75.